The summed E-state index contributed by atoms with van der Waals surface area (Å²) >= 11 is 3.38. The van der Waals surface area contributed by atoms with Gasteiger partial charge in [-0.2, -0.15) is 0 Å². The van der Waals surface area contributed by atoms with E-state index in [0.717, 1.165) is 16.1 Å². The van der Waals surface area contributed by atoms with Gasteiger partial charge in [0.15, 0.2) is 11.9 Å². The maximum Gasteiger partial charge on any atom is 0.274 e. The van der Waals surface area contributed by atoms with Gasteiger partial charge in [0.25, 0.3) is 5.91 Å². The van der Waals surface area contributed by atoms with Crippen LogP contribution in [0.4, 0.5) is 0 Å². The minimum atomic E-state index is -1.10. The van der Waals surface area contributed by atoms with Crippen LogP contribution in [0, 0.1) is 6.92 Å². The first-order valence-corrected chi connectivity index (χ1v) is 8.69. The quantitative estimate of drug-likeness (QED) is 0.578. The van der Waals surface area contributed by atoms with Gasteiger partial charge in [-0.25, -0.2) is 0 Å². The molecular formula is C20H18BrNO3. The molecule has 25 heavy (non-hydrogen) atoms. The van der Waals surface area contributed by atoms with E-state index in [1.54, 1.807) is 37.5 Å². The van der Waals surface area contributed by atoms with E-state index >= 15 is 0 Å². The molecule has 0 aliphatic heterocycles. The second-order valence-corrected chi connectivity index (χ2v) is 7.26. The van der Waals surface area contributed by atoms with Crippen LogP contribution in [0.1, 0.15) is 34.7 Å². The fourth-order valence-corrected chi connectivity index (χ4v) is 3.18. The molecule has 0 aliphatic carbocycles. The fraction of sp³-hybridized carbons (Fsp3) is 0.200. The van der Waals surface area contributed by atoms with E-state index in [9.17, 15) is 9.59 Å². The van der Waals surface area contributed by atoms with Gasteiger partial charge in [-0.05, 0) is 51.1 Å². The number of ether oxygens (including phenoxy) is 1. The van der Waals surface area contributed by atoms with E-state index in [4.69, 9.17) is 4.74 Å². The number of carbonyl (C=O) groups is 2. The highest BCUT2D eigenvalue weighted by molar-refractivity contribution is 9.10. The molecular weight excluding hydrogens is 382 g/mol. The zero-order chi connectivity index (χ0) is 18.2. The van der Waals surface area contributed by atoms with Crippen LogP contribution in [0.5, 0.6) is 5.75 Å². The topological polar surface area (TPSA) is 48.3 Å². The van der Waals surface area contributed by atoms with Crippen molar-refractivity contribution in [3.63, 3.8) is 0 Å². The van der Waals surface area contributed by atoms with Gasteiger partial charge in [-0.15, -0.1) is 0 Å². The van der Waals surface area contributed by atoms with Crippen LogP contribution >= 0.6 is 15.9 Å². The number of aromatic nitrogens is 1. The Balaban J connectivity index is 2.05. The Hall–Kier alpha value is -2.40. The lowest BCUT2D eigenvalue weighted by Gasteiger charge is -2.26. The molecule has 1 aromatic heterocycles. The number of rotatable bonds is 4. The van der Waals surface area contributed by atoms with E-state index in [1.807, 2.05) is 36.4 Å². The summed E-state index contributed by atoms with van der Waals surface area (Å²) in [5, 5.41) is 0.766. The second kappa shape index (κ2) is 6.48. The summed E-state index contributed by atoms with van der Waals surface area (Å²) < 4.78 is 8.44. The molecule has 0 fully saturated rings. The monoisotopic (exact) mass is 399 g/mol. The van der Waals surface area contributed by atoms with Gasteiger partial charge in [-0.1, -0.05) is 34.1 Å². The lowest BCUT2D eigenvalue weighted by molar-refractivity contribution is 0.0491. The van der Waals surface area contributed by atoms with Crippen molar-refractivity contribution in [2.24, 2.45) is 0 Å². The third kappa shape index (κ3) is 3.12. The van der Waals surface area contributed by atoms with Gasteiger partial charge in [-0.3, -0.25) is 14.2 Å². The molecule has 0 spiro atoms. The van der Waals surface area contributed by atoms with Crippen LogP contribution < -0.4 is 4.74 Å². The molecule has 5 heteroatoms. The van der Waals surface area contributed by atoms with Gasteiger partial charge in [0.1, 0.15) is 5.75 Å². The molecule has 0 bridgehead atoms. The van der Waals surface area contributed by atoms with Gasteiger partial charge in [0.05, 0.1) is 5.52 Å². The largest absolute Gasteiger partial charge is 0.478 e. The van der Waals surface area contributed by atoms with Gasteiger partial charge >= 0.3 is 0 Å². The van der Waals surface area contributed by atoms with Crippen molar-refractivity contribution in [3.05, 3.63) is 64.3 Å². The lowest BCUT2D eigenvalue weighted by atomic mass is 10.1. The van der Waals surface area contributed by atoms with E-state index in [-0.39, 0.29) is 5.91 Å². The van der Waals surface area contributed by atoms with Crippen LogP contribution in [0.15, 0.2) is 53.0 Å². The summed E-state index contributed by atoms with van der Waals surface area (Å²) in [7, 11) is 0. The molecule has 128 valence electrons. The highest BCUT2D eigenvalue weighted by Crippen LogP contribution is 2.28. The smallest absolute Gasteiger partial charge is 0.274 e. The highest BCUT2D eigenvalue weighted by Gasteiger charge is 2.34. The van der Waals surface area contributed by atoms with Crippen molar-refractivity contribution in [1.82, 2.24) is 4.57 Å². The van der Waals surface area contributed by atoms with Crippen molar-refractivity contribution in [3.8, 4) is 5.75 Å². The number of fused-ring (bicyclic) bond motifs is 1. The number of para-hydroxylation sites is 1. The first kappa shape index (κ1) is 17.4. The van der Waals surface area contributed by atoms with Crippen molar-refractivity contribution in [2.45, 2.75) is 26.4 Å². The molecule has 1 heterocycles. The Morgan fingerprint density at radius 1 is 1.12 bits per heavy atom. The summed E-state index contributed by atoms with van der Waals surface area (Å²) in [6.45, 7) is 5.23. The average Bonchev–Trinajstić information content (AvgIpc) is 2.87. The van der Waals surface area contributed by atoms with Crippen LogP contribution in [0.25, 0.3) is 10.9 Å². The number of benzene rings is 2. The Kier molecular flexibility index (Phi) is 4.52. The Bertz CT molecular complexity index is 955. The Morgan fingerprint density at radius 2 is 1.76 bits per heavy atom. The molecule has 0 radical (unpaired) electrons. The Morgan fingerprint density at radius 3 is 2.40 bits per heavy atom. The van der Waals surface area contributed by atoms with Crippen LogP contribution in [-0.2, 0) is 0 Å². The Labute approximate surface area is 154 Å². The number of halogens is 1. The summed E-state index contributed by atoms with van der Waals surface area (Å²) in [4.78, 5) is 24.7. The van der Waals surface area contributed by atoms with Crippen molar-refractivity contribution >= 4 is 39.0 Å². The normalized spacial score (nSPS) is 11.5. The minimum absolute atomic E-state index is 0.225. The zero-order valence-corrected chi connectivity index (χ0v) is 15.8. The number of hydrogen-bond acceptors (Lipinski definition) is 3. The highest BCUT2D eigenvalue weighted by atomic mass is 79.9. The number of nitrogens with zero attached hydrogens (tertiary/aromatic N) is 1. The van der Waals surface area contributed by atoms with Gasteiger partial charge in [0, 0.05) is 21.1 Å². The van der Waals surface area contributed by atoms with Crippen LogP contribution in [-0.4, -0.2) is 22.4 Å². The first-order chi connectivity index (χ1) is 11.8. The summed E-state index contributed by atoms with van der Waals surface area (Å²) in [6, 6.07) is 14.7. The average molecular weight is 400 g/mol. The molecule has 3 rings (SSSR count). The molecule has 0 aliphatic rings. The maximum absolute atomic E-state index is 13.2. The van der Waals surface area contributed by atoms with Gasteiger partial charge in [0.2, 0.25) is 0 Å². The maximum atomic E-state index is 13.2. The summed E-state index contributed by atoms with van der Waals surface area (Å²) in [5.41, 5.74) is 0.761. The molecule has 0 saturated heterocycles. The van der Waals surface area contributed by atoms with Crippen molar-refractivity contribution < 1.29 is 14.3 Å². The third-order valence-corrected chi connectivity index (χ3v) is 4.71. The minimum Gasteiger partial charge on any atom is -0.478 e. The predicted octanol–water partition coefficient (Wildman–Crippen LogP) is 5.02. The van der Waals surface area contributed by atoms with E-state index in [0.29, 0.717) is 22.5 Å². The van der Waals surface area contributed by atoms with E-state index in [1.165, 1.54) is 0 Å². The second-order valence-electron chi connectivity index (χ2n) is 6.34. The predicted molar refractivity (Wildman–Crippen MR) is 102 cm³/mol. The third-order valence-electron chi connectivity index (χ3n) is 4.18. The fourth-order valence-electron chi connectivity index (χ4n) is 2.91. The van der Waals surface area contributed by atoms with Gasteiger partial charge < -0.3 is 4.74 Å². The lowest BCUT2D eigenvalue weighted by Crippen LogP contribution is -2.42. The van der Waals surface area contributed by atoms with Crippen molar-refractivity contribution in [2.75, 3.05) is 0 Å². The molecule has 0 atom stereocenters. The number of aldehydes is 1. The van der Waals surface area contributed by atoms with E-state index in [2.05, 4.69) is 15.9 Å². The summed E-state index contributed by atoms with van der Waals surface area (Å²) in [5.74, 6) is 0.378. The van der Waals surface area contributed by atoms with Crippen LogP contribution in [0.2, 0.25) is 0 Å². The summed E-state index contributed by atoms with van der Waals surface area (Å²) in [6.07, 6.45) is 0.796. The molecule has 3 aromatic rings. The molecule has 4 nitrogen and oxygen atoms in total. The molecule has 0 unspecified atom stereocenters. The number of hydrogen-bond donors (Lipinski definition) is 0. The first-order valence-electron chi connectivity index (χ1n) is 7.90. The molecule has 0 amide bonds. The SMILES string of the molecule is Cc1c(C=O)c2ccccc2n1C(=O)C(C)(C)Oc1ccc(Br)cc1. The zero-order valence-electron chi connectivity index (χ0n) is 14.2. The van der Waals surface area contributed by atoms with Crippen molar-refractivity contribution in [1.29, 1.82) is 0 Å². The molecule has 0 saturated carbocycles. The molecule has 0 N–H and O–H groups in total. The number of carbonyl (C=O) groups excluding carboxylic acids is 2. The van der Waals surface area contributed by atoms with Crippen LogP contribution in [0.3, 0.4) is 0 Å². The molecule has 2 aromatic carbocycles. The van der Waals surface area contributed by atoms with E-state index < -0.39 is 5.60 Å². The standard InChI is InChI=1S/C20H18BrNO3/c1-13-17(12-23)16-6-4-5-7-18(16)22(13)19(24)20(2,3)25-15-10-8-14(21)9-11-15/h4-12H,1-3H3.